The van der Waals surface area contributed by atoms with Crippen molar-refractivity contribution in [2.24, 2.45) is 5.92 Å². The van der Waals surface area contributed by atoms with Gasteiger partial charge in [0.25, 0.3) is 0 Å². The van der Waals surface area contributed by atoms with Crippen LogP contribution < -0.4 is 9.47 Å². The number of carbonyl (C=O) groups is 2. The van der Waals surface area contributed by atoms with E-state index in [2.05, 4.69) is 0 Å². The Morgan fingerprint density at radius 3 is 2.41 bits per heavy atom. The molecule has 2 aromatic rings. The average molecular weight is 304 g/mol. The summed E-state index contributed by atoms with van der Waals surface area (Å²) < 4.78 is 21.0. The number of ketones is 1. The van der Waals surface area contributed by atoms with Gasteiger partial charge >= 0.3 is 5.97 Å². The lowest BCUT2D eigenvalue weighted by Crippen LogP contribution is -2.03. The van der Waals surface area contributed by atoms with Crippen LogP contribution in [0.2, 0.25) is 0 Å². The van der Waals surface area contributed by atoms with E-state index >= 15 is 0 Å². The molecule has 116 valence electrons. The number of Topliss-reactive ketones (excluding diaryl/α,β-unsaturated/α-hetero) is 1. The minimum absolute atomic E-state index is 0.0232. The Morgan fingerprint density at radius 2 is 1.86 bits per heavy atom. The Morgan fingerprint density at radius 1 is 1.14 bits per heavy atom. The molecule has 0 bridgehead atoms. The third kappa shape index (κ3) is 2.20. The van der Waals surface area contributed by atoms with E-state index in [0.717, 1.165) is 12.8 Å². The van der Waals surface area contributed by atoms with Crippen molar-refractivity contribution in [3.05, 3.63) is 23.5 Å². The maximum absolute atomic E-state index is 12.2. The zero-order valence-corrected chi connectivity index (χ0v) is 12.6. The van der Waals surface area contributed by atoms with Crippen molar-refractivity contribution in [3.8, 4) is 11.5 Å². The zero-order chi connectivity index (χ0) is 15.9. The van der Waals surface area contributed by atoms with Gasteiger partial charge in [-0.15, -0.1) is 0 Å². The van der Waals surface area contributed by atoms with Crippen LogP contribution in [-0.4, -0.2) is 33.1 Å². The number of ether oxygens (including phenoxy) is 3. The number of hydrogen-bond donors (Lipinski definition) is 0. The van der Waals surface area contributed by atoms with Crippen molar-refractivity contribution in [2.75, 3.05) is 21.3 Å². The molecule has 6 heteroatoms. The normalized spacial score (nSPS) is 14.0. The summed E-state index contributed by atoms with van der Waals surface area (Å²) in [5.41, 5.74) is 0.583. The van der Waals surface area contributed by atoms with E-state index in [4.69, 9.17) is 18.6 Å². The van der Waals surface area contributed by atoms with Crippen LogP contribution in [-0.2, 0) is 4.74 Å². The molecule has 22 heavy (non-hydrogen) atoms. The molecule has 0 atom stereocenters. The first kappa shape index (κ1) is 14.4. The number of rotatable bonds is 5. The third-order valence-electron chi connectivity index (χ3n) is 3.75. The second-order valence-corrected chi connectivity index (χ2v) is 5.14. The standard InChI is InChI=1S/C16H16O6/c1-19-12-7-10(16(18)21-3)9-6-11(13(17)8-4-5-8)22-14(9)15(12)20-2/h6-8H,4-5H2,1-3H3. The smallest absolute Gasteiger partial charge is 0.338 e. The number of benzene rings is 1. The van der Waals surface area contributed by atoms with Gasteiger partial charge in [0, 0.05) is 11.3 Å². The molecule has 0 amide bonds. The van der Waals surface area contributed by atoms with E-state index in [1.54, 1.807) is 6.07 Å². The van der Waals surface area contributed by atoms with Gasteiger partial charge < -0.3 is 18.6 Å². The highest BCUT2D eigenvalue weighted by Gasteiger charge is 2.34. The van der Waals surface area contributed by atoms with E-state index in [0.29, 0.717) is 22.5 Å². The van der Waals surface area contributed by atoms with Crippen molar-refractivity contribution in [1.29, 1.82) is 0 Å². The van der Waals surface area contributed by atoms with Gasteiger partial charge in [0.1, 0.15) is 0 Å². The minimum Gasteiger partial charge on any atom is -0.493 e. The minimum atomic E-state index is -0.530. The van der Waals surface area contributed by atoms with E-state index < -0.39 is 5.97 Å². The van der Waals surface area contributed by atoms with E-state index in [1.807, 2.05) is 0 Å². The molecule has 1 aromatic heterocycles. The molecule has 1 aliphatic rings. The molecule has 0 unspecified atom stereocenters. The summed E-state index contributed by atoms with van der Waals surface area (Å²) in [6.45, 7) is 0. The molecule has 0 spiro atoms. The molecule has 1 fully saturated rings. The first-order chi connectivity index (χ1) is 10.6. The van der Waals surface area contributed by atoms with Gasteiger partial charge in [-0.25, -0.2) is 4.79 Å². The quantitative estimate of drug-likeness (QED) is 0.624. The summed E-state index contributed by atoms with van der Waals surface area (Å²) in [7, 11) is 4.23. The van der Waals surface area contributed by atoms with E-state index in [-0.39, 0.29) is 23.0 Å². The Hall–Kier alpha value is -2.50. The fraction of sp³-hybridized carbons (Fsp3) is 0.375. The summed E-state index contributed by atoms with van der Waals surface area (Å²) >= 11 is 0. The topological polar surface area (TPSA) is 75.0 Å². The van der Waals surface area contributed by atoms with Crippen LogP contribution in [0.3, 0.4) is 0 Å². The van der Waals surface area contributed by atoms with Crippen LogP contribution in [0, 0.1) is 5.92 Å². The van der Waals surface area contributed by atoms with Crippen molar-refractivity contribution in [3.63, 3.8) is 0 Å². The van der Waals surface area contributed by atoms with Crippen LogP contribution in [0.1, 0.15) is 33.8 Å². The zero-order valence-electron chi connectivity index (χ0n) is 12.6. The highest BCUT2D eigenvalue weighted by molar-refractivity contribution is 6.09. The van der Waals surface area contributed by atoms with Gasteiger partial charge in [-0.3, -0.25) is 4.79 Å². The van der Waals surface area contributed by atoms with Crippen LogP contribution in [0.25, 0.3) is 11.0 Å². The number of esters is 1. The largest absolute Gasteiger partial charge is 0.493 e. The highest BCUT2D eigenvalue weighted by atomic mass is 16.5. The average Bonchev–Trinajstić information content (AvgIpc) is 3.30. The first-order valence-electron chi connectivity index (χ1n) is 6.91. The number of furan rings is 1. The predicted molar refractivity (Wildman–Crippen MR) is 77.7 cm³/mol. The molecule has 6 nitrogen and oxygen atoms in total. The Kier molecular flexibility index (Phi) is 3.52. The fourth-order valence-corrected chi connectivity index (χ4v) is 2.44. The lowest BCUT2D eigenvalue weighted by molar-refractivity contribution is 0.0602. The number of fused-ring (bicyclic) bond motifs is 1. The predicted octanol–water partition coefficient (Wildman–Crippen LogP) is 2.83. The highest BCUT2D eigenvalue weighted by Crippen LogP contribution is 2.41. The number of hydrogen-bond acceptors (Lipinski definition) is 6. The third-order valence-corrected chi connectivity index (χ3v) is 3.75. The Balaban J connectivity index is 2.25. The number of carbonyl (C=O) groups excluding carboxylic acids is 2. The van der Waals surface area contributed by atoms with Gasteiger partial charge in [-0.2, -0.15) is 0 Å². The molecule has 1 heterocycles. The molecule has 0 saturated heterocycles. The molecule has 1 aromatic carbocycles. The summed E-state index contributed by atoms with van der Waals surface area (Å²) in [4.78, 5) is 24.2. The van der Waals surface area contributed by atoms with Crippen LogP contribution >= 0.6 is 0 Å². The van der Waals surface area contributed by atoms with Gasteiger partial charge in [0.2, 0.25) is 11.5 Å². The molecule has 0 aliphatic heterocycles. The molecular weight excluding hydrogens is 288 g/mol. The summed E-state index contributed by atoms with van der Waals surface area (Å²) in [5.74, 6) is 0.365. The summed E-state index contributed by atoms with van der Waals surface area (Å²) in [6, 6.07) is 3.10. The molecular formula is C16H16O6. The monoisotopic (exact) mass is 304 g/mol. The van der Waals surface area contributed by atoms with Crippen molar-refractivity contribution >= 4 is 22.7 Å². The van der Waals surface area contributed by atoms with Crippen LogP contribution in [0.4, 0.5) is 0 Å². The maximum atomic E-state index is 12.2. The molecule has 1 aliphatic carbocycles. The summed E-state index contributed by atoms with van der Waals surface area (Å²) in [5, 5.41) is 0.480. The SMILES string of the molecule is COC(=O)c1cc(OC)c(OC)c2oc(C(=O)C3CC3)cc12. The second-order valence-electron chi connectivity index (χ2n) is 5.14. The Bertz CT molecular complexity index is 754. The molecule has 0 N–H and O–H groups in total. The lowest BCUT2D eigenvalue weighted by atomic mass is 10.1. The number of methoxy groups -OCH3 is 3. The van der Waals surface area contributed by atoms with Crippen molar-refractivity contribution in [1.82, 2.24) is 0 Å². The van der Waals surface area contributed by atoms with E-state index in [1.165, 1.54) is 27.4 Å². The molecule has 1 saturated carbocycles. The lowest BCUT2D eigenvalue weighted by Gasteiger charge is -2.10. The maximum Gasteiger partial charge on any atom is 0.338 e. The van der Waals surface area contributed by atoms with E-state index in [9.17, 15) is 9.59 Å². The van der Waals surface area contributed by atoms with Gasteiger partial charge in [-0.1, -0.05) is 0 Å². The van der Waals surface area contributed by atoms with Crippen molar-refractivity contribution < 1.29 is 28.2 Å². The van der Waals surface area contributed by atoms with Gasteiger partial charge in [0.05, 0.1) is 26.9 Å². The van der Waals surface area contributed by atoms with Gasteiger partial charge in [0.15, 0.2) is 17.1 Å². The second kappa shape index (κ2) is 5.36. The van der Waals surface area contributed by atoms with Crippen LogP contribution in [0.5, 0.6) is 11.5 Å². The Labute approximate surface area is 126 Å². The fourth-order valence-electron chi connectivity index (χ4n) is 2.44. The molecule has 0 radical (unpaired) electrons. The summed E-state index contributed by atoms with van der Waals surface area (Å²) in [6.07, 6.45) is 1.75. The van der Waals surface area contributed by atoms with Crippen molar-refractivity contribution in [2.45, 2.75) is 12.8 Å². The first-order valence-corrected chi connectivity index (χ1v) is 6.91. The molecule has 3 rings (SSSR count). The van der Waals surface area contributed by atoms with Gasteiger partial charge in [-0.05, 0) is 25.0 Å². The van der Waals surface area contributed by atoms with Crippen LogP contribution in [0.15, 0.2) is 16.5 Å².